The molecule has 0 fully saturated rings. The van der Waals surface area contributed by atoms with Crippen molar-refractivity contribution < 1.29 is 9.13 Å². The minimum atomic E-state index is -0.465. The Hall–Kier alpha value is -2.76. The molecule has 0 aliphatic carbocycles. The first-order valence-corrected chi connectivity index (χ1v) is 5.50. The van der Waals surface area contributed by atoms with Crippen LogP contribution in [0, 0.1) is 12.0 Å². The molecule has 0 bridgehead atoms. The Morgan fingerprint density at radius 2 is 2.16 bits per heavy atom. The molecule has 0 saturated carbocycles. The zero-order valence-corrected chi connectivity index (χ0v) is 9.69. The van der Waals surface area contributed by atoms with E-state index >= 15 is 0 Å². The summed E-state index contributed by atoms with van der Waals surface area (Å²) in [5.41, 5.74) is 0.280. The lowest BCUT2D eigenvalue weighted by Crippen LogP contribution is -1.99. The number of rotatable bonds is 3. The minimum absolute atomic E-state index is 0.280. The fourth-order valence-corrected chi connectivity index (χ4v) is 1.56. The zero-order valence-electron chi connectivity index (χ0n) is 9.69. The molecule has 5 nitrogen and oxygen atoms in total. The summed E-state index contributed by atoms with van der Waals surface area (Å²) < 4.78 is 20.6. The third-order valence-electron chi connectivity index (χ3n) is 2.40. The Bertz CT molecular complexity index is 670. The number of ether oxygens (including phenoxy) is 1. The average molecular weight is 255 g/mol. The van der Waals surface area contributed by atoms with Gasteiger partial charge in [0.1, 0.15) is 17.6 Å². The van der Waals surface area contributed by atoms with Crippen LogP contribution >= 0.6 is 0 Å². The van der Waals surface area contributed by atoms with Crippen molar-refractivity contribution in [1.82, 2.24) is 20.0 Å². The predicted molar refractivity (Wildman–Crippen MR) is 64.5 cm³/mol. The van der Waals surface area contributed by atoms with E-state index in [0.29, 0.717) is 11.6 Å². The summed E-state index contributed by atoms with van der Waals surface area (Å²) in [6, 6.07) is 9.71. The number of nitrogens with zero attached hydrogens (tertiary/aromatic N) is 4. The van der Waals surface area contributed by atoms with Crippen molar-refractivity contribution in [1.29, 1.82) is 0 Å². The van der Waals surface area contributed by atoms with Crippen molar-refractivity contribution in [3.8, 4) is 17.3 Å². The van der Waals surface area contributed by atoms with Crippen LogP contribution in [0.1, 0.15) is 0 Å². The summed E-state index contributed by atoms with van der Waals surface area (Å²) in [5, 5.41) is 7.19. The molecule has 0 aliphatic rings. The van der Waals surface area contributed by atoms with Crippen LogP contribution in [0.5, 0.6) is 11.6 Å². The fourth-order valence-electron chi connectivity index (χ4n) is 1.56. The number of hydrogen-bond acceptors (Lipinski definition) is 4. The molecule has 0 amide bonds. The van der Waals surface area contributed by atoms with Crippen molar-refractivity contribution in [3.05, 3.63) is 60.8 Å². The van der Waals surface area contributed by atoms with Gasteiger partial charge in [-0.25, -0.2) is 14.1 Å². The molecule has 2 heterocycles. The van der Waals surface area contributed by atoms with Crippen LogP contribution in [0.15, 0.2) is 48.8 Å². The summed E-state index contributed by atoms with van der Waals surface area (Å²) in [5.74, 6) is 0.306. The third kappa shape index (κ3) is 2.42. The lowest BCUT2D eigenvalue weighted by Gasteiger charge is -2.06. The first-order chi connectivity index (χ1) is 9.33. The van der Waals surface area contributed by atoms with E-state index in [0.717, 1.165) is 0 Å². The van der Waals surface area contributed by atoms with Gasteiger partial charge in [-0.05, 0) is 18.2 Å². The number of benzene rings is 1. The summed E-state index contributed by atoms with van der Waals surface area (Å²) in [4.78, 5) is 4.00. The first-order valence-electron chi connectivity index (χ1n) is 5.50. The van der Waals surface area contributed by atoms with E-state index in [9.17, 15) is 4.39 Å². The molecule has 0 saturated heterocycles. The van der Waals surface area contributed by atoms with Crippen molar-refractivity contribution in [2.24, 2.45) is 0 Å². The third-order valence-corrected chi connectivity index (χ3v) is 2.40. The van der Waals surface area contributed by atoms with Gasteiger partial charge in [0.15, 0.2) is 5.82 Å². The topological polar surface area (TPSA) is 52.8 Å². The van der Waals surface area contributed by atoms with E-state index in [1.807, 2.05) is 0 Å². The van der Waals surface area contributed by atoms with Gasteiger partial charge in [-0.1, -0.05) is 11.3 Å². The summed E-state index contributed by atoms with van der Waals surface area (Å²) >= 11 is 0. The Morgan fingerprint density at radius 3 is 2.84 bits per heavy atom. The number of pyridine rings is 1. The van der Waals surface area contributed by atoms with Gasteiger partial charge in [0.05, 0.1) is 6.20 Å². The molecule has 0 spiro atoms. The van der Waals surface area contributed by atoms with E-state index < -0.39 is 5.82 Å². The normalized spacial score (nSPS) is 10.4. The summed E-state index contributed by atoms with van der Waals surface area (Å²) in [6.07, 6.45) is 5.55. The van der Waals surface area contributed by atoms with Crippen LogP contribution in [0.4, 0.5) is 4.39 Å². The zero-order chi connectivity index (χ0) is 13.1. The highest BCUT2D eigenvalue weighted by Crippen LogP contribution is 2.23. The second kappa shape index (κ2) is 4.85. The van der Waals surface area contributed by atoms with E-state index in [1.165, 1.54) is 16.9 Å². The molecule has 0 unspecified atom stereocenters. The molecule has 0 aliphatic heterocycles. The Morgan fingerprint density at radius 1 is 1.21 bits per heavy atom. The quantitative estimate of drug-likeness (QED) is 0.721. The lowest BCUT2D eigenvalue weighted by atomic mass is 10.3. The Balaban J connectivity index is 1.88. The van der Waals surface area contributed by atoms with Crippen LogP contribution in [-0.4, -0.2) is 20.0 Å². The van der Waals surface area contributed by atoms with Gasteiger partial charge in [-0.3, -0.25) is 0 Å². The highest BCUT2D eigenvalue weighted by molar-refractivity contribution is 5.39. The fraction of sp³-hybridized carbons (Fsp3) is 0. The number of aromatic nitrogens is 4. The number of halogens is 1. The Labute approximate surface area is 108 Å². The van der Waals surface area contributed by atoms with E-state index in [-0.39, 0.29) is 5.69 Å². The van der Waals surface area contributed by atoms with Crippen LogP contribution in [-0.2, 0) is 0 Å². The standard InChI is InChI=1S/C13H8FN4O/c14-11-9-10(19-13-3-1-2-6-15-13)4-5-12(11)18-8-7-16-17-18/h1-6,8-9H. The van der Waals surface area contributed by atoms with Crippen molar-refractivity contribution in [2.45, 2.75) is 0 Å². The van der Waals surface area contributed by atoms with Crippen molar-refractivity contribution in [3.63, 3.8) is 0 Å². The largest absolute Gasteiger partial charge is 0.439 e. The average Bonchev–Trinajstić information content (AvgIpc) is 2.94. The summed E-state index contributed by atoms with van der Waals surface area (Å²) in [6.45, 7) is 0. The maximum atomic E-state index is 13.9. The molecular formula is C13H8FN4O. The number of hydrogen-bond donors (Lipinski definition) is 0. The minimum Gasteiger partial charge on any atom is -0.439 e. The molecule has 0 N–H and O–H groups in total. The van der Waals surface area contributed by atoms with Crippen molar-refractivity contribution in [2.75, 3.05) is 0 Å². The van der Waals surface area contributed by atoms with Crippen LogP contribution < -0.4 is 4.74 Å². The highest BCUT2D eigenvalue weighted by atomic mass is 19.1. The molecule has 19 heavy (non-hydrogen) atoms. The molecule has 0 atom stereocenters. The van der Waals surface area contributed by atoms with Crippen molar-refractivity contribution >= 4 is 0 Å². The van der Waals surface area contributed by atoms with E-state index in [4.69, 9.17) is 4.74 Å². The summed E-state index contributed by atoms with van der Waals surface area (Å²) in [7, 11) is 0. The van der Waals surface area contributed by atoms with Gasteiger partial charge < -0.3 is 4.74 Å². The highest BCUT2D eigenvalue weighted by Gasteiger charge is 2.07. The molecular weight excluding hydrogens is 247 g/mol. The second-order valence-electron chi connectivity index (χ2n) is 3.68. The lowest BCUT2D eigenvalue weighted by molar-refractivity contribution is 0.457. The molecule has 3 rings (SSSR count). The SMILES string of the molecule is Fc1cc(Oc2ccccn2)ccc1-n1c[c]nn1. The first kappa shape index (κ1) is 11.3. The van der Waals surface area contributed by atoms with Gasteiger partial charge in [0.25, 0.3) is 0 Å². The molecule has 93 valence electrons. The second-order valence-corrected chi connectivity index (χ2v) is 3.68. The molecule has 3 aromatic rings. The van der Waals surface area contributed by atoms with Gasteiger partial charge in [-0.15, -0.1) is 5.10 Å². The molecule has 1 aromatic carbocycles. The van der Waals surface area contributed by atoms with Gasteiger partial charge in [-0.2, -0.15) is 0 Å². The van der Waals surface area contributed by atoms with Gasteiger partial charge in [0.2, 0.25) is 5.88 Å². The van der Waals surface area contributed by atoms with E-state index in [1.54, 1.807) is 36.5 Å². The Kier molecular flexibility index (Phi) is 2.89. The van der Waals surface area contributed by atoms with Crippen LogP contribution in [0.25, 0.3) is 5.69 Å². The molecule has 6 heteroatoms. The predicted octanol–water partition coefficient (Wildman–Crippen LogP) is 2.39. The maximum absolute atomic E-state index is 13.9. The van der Waals surface area contributed by atoms with E-state index in [2.05, 4.69) is 21.5 Å². The van der Waals surface area contributed by atoms with Gasteiger partial charge >= 0.3 is 0 Å². The molecule has 2 aromatic heterocycles. The van der Waals surface area contributed by atoms with Gasteiger partial charge in [0, 0.05) is 18.3 Å². The monoisotopic (exact) mass is 255 g/mol. The smallest absolute Gasteiger partial charge is 0.219 e. The van der Waals surface area contributed by atoms with Crippen LogP contribution in [0.3, 0.4) is 0 Å². The van der Waals surface area contributed by atoms with Crippen LogP contribution in [0.2, 0.25) is 0 Å². The molecule has 1 radical (unpaired) electrons. The maximum Gasteiger partial charge on any atom is 0.219 e.